The van der Waals surface area contributed by atoms with E-state index < -0.39 is 5.92 Å². The minimum Gasteiger partial charge on any atom is -0.354 e. The van der Waals surface area contributed by atoms with Crippen LogP contribution >= 0.6 is 0 Å². The summed E-state index contributed by atoms with van der Waals surface area (Å²) in [4.78, 5) is 33.8. The molecule has 1 aliphatic heterocycles. The first-order valence-electron chi connectivity index (χ1n) is 13.4. The second-order valence-corrected chi connectivity index (χ2v) is 10.5. The van der Waals surface area contributed by atoms with Gasteiger partial charge in [0.05, 0.1) is 29.4 Å². The number of aromatic amines is 2. The fraction of sp³-hybridized carbons (Fsp3) is 0.118. The molecule has 1 amide bonds. The normalized spacial score (nSPS) is 14.7. The molecule has 40 heavy (non-hydrogen) atoms. The lowest BCUT2D eigenvalue weighted by Crippen LogP contribution is -2.28. The molecule has 0 aliphatic carbocycles. The molecule has 6 nitrogen and oxygen atoms in total. The predicted octanol–water partition coefficient (Wildman–Crippen LogP) is 6.61. The number of nitrogens with zero attached hydrogens (tertiary/aromatic N) is 2. The number of aryl methyl sites for hydroxylation is 2. The van der Waals surface area contributed by atoms with Crippen molar-refractivity contribution in [1.29, 1.82) is 0 Å². The van der Waals surface area contributed by atoms with E-state index in [0.717, 1.165) is 50.2 Å². The van der Waals surface area contributed by atoms with Crippen molar-refractivity contribution >= 4 is 22.5 Å². The first-order chi connectivity index (χ1) is 19.5. The number of nitrogens with one attached hydrogen (secondary N) is 2. The lowest BCUT2D eigenvalue weighted by molar-refractivity contribution is -0.118. The Labute approximate surface area is 231 Å². The van der Waals surface area contributed by atoms with Crippen LogP contribution in [-0.4, -0.2) is 20.7 Å². The van der Waals surface area contributed by atoms with Crippen LogP contribution in [0.1, 0.15) is 33.9 Å². The Morgan fingerprint density at radius 1 is 0.800 bits per heavy atom. The fourth-order valence-corrected chi connectivity index (χ4v) is 6.02. The highest BCUT2D eigenvalue weighted by Crippen LogP contribution is 2.47. The molecular formula is C34H28N4O2. The number of fused-ring (bicyclic) bond motifs is 2. The van der Waals surface area contributed by atoms with Crippen LogP contribution in [0.5, 0.6) is 0 Å². The number of hydrogen-bond acceptors (Lipinski definition) is 2. The minimum absolute atomic E-state index is 0.00489. The molecule has 0 bridgehead atoms. The van der Waals surface area contributed by atoms with E-state index in [9.17, 15) is 9.59 Å². The molecule has 7 rings (SSSR count). The molecule has 2 aromatic heterocycles. The average molecular weight is 525 g/mol. The van der Waals surface area contributed by atoms with Gasteiger partial charge in [-0.2, -0.15) is 0 Å². The first kappa shape index (κ1) is 24.0. The number of benzene rings is 4. The van der Waals surface area contributed by atoms with Crippen molar-refractivity contribution in [3.8, 4) is 16.9 Å². The zero-order chi connectivity index (χ0) is 27.4. The largest absolute Gasteiger partial charge is 0.354 e. The van der Waals surface area contributed by atoms with Gasteiger partial charge in [-0.1, -0.05) is 78.4 Å². The summed E-state index contributed by atoms with van der Waals surface area (Å²) in [6.07, 6.45) is 0. The molecule has 1 aliphatic rings. The lowest BCUT2D eigenvalue weighted by Gasteiger charge is -2.18. The number of carbonyl (C=O) groups is 1. The van der Waals surface area contributed by atoms with Gasteiger partial charge in [-0.05, 0) is 55.3 Å². The number of aromatic nitrogens is 3. The molecule has 3 heterocycles. The summed E-state index contributed by atoms with van der Waals surface area (Å²) in [6.45, 7) is 4.43. The van der Waals surface area contributed by atoms with E-state index in [-0.39, 0.29) is 11.5 Å². The molecular weight excluding hydrogens is 496 g/mol. The zero-order valence-electron chi connectivity index (χ0n) is 22.3. The molecule has 0 spiro atoms. The van der Waals surface area contributed by atoms with Gasteiger partial charge in [0.15, 0.2) is 0 Å². The van der Waals surface area contributed by atoms with Gasteiger partial charge in [0.1, 0.15) is 0 Å². The molecule has 1 atom stereocenters. The molecule has 0 saturated carbocycles. The first-order valence-corrected chi connectivity index (χ1v) is 13.4. The van der Waals surface area contributed by atoms with Crippen molar-refractivity contribution in [3.05, 3.63) is 141 Å². The number of anilines is 1. The van der Waals surface area contributed by atoms with Crippen molar-refractivity contribution in [2.24, 2.45) is 0 Å². The Bertz CT molecular complexity index is 1950. The Kier molecular flexibility index (Phi) is 5.56. The van der Waals surface area contributed by atoms with E-state index in [4.69, 9.17) is 0 Å². The van der Waals surface area contributed by atoms with Crippen molar-refractivity contribution in [2.75, 3.05) is 4.90 Å². The van der Waals surface area contributed by atoms with E-state index in [0.29, 0.717) is 17.8 Å². The van der Waals surface area contributed by atoms with Crippen molar-refractivity contribution < 1.29 is 4.79 Å². The molecule has 0 saturated heterocycles. The van der Waals surface area contributed by atoms with Crippen LogP contribution in [0.15, 0.2) is 108 Å². The number of amides is 1. The molecule has 6 aromatic rings. The number of hydrogen-bond donors (Lipinski definition) is 2. The third-order valence-electron chi connectivity index (χ3n) is 7.85. The van der Waals surface area contributed by atoms with Gasteiger partial charge < -0.3 is 9.88 Å². The Morgan fingerprint density at radius 3 is 2.27 bits per heavy atom. The van der Waals surface area contributed by atoms with Crippen LogP contribution in [0.3, 0.4) is 0 Å². The maximum atomic E-state index is 14.4. The summed E-state index contributed by atoms with van der Waals surface area (Å²) in [6, 6.07) is 33.8. The molecule has 6 heteroatoms. The quantitative estimate of drug-likeness (QED) is 0.266. The summed E-state index contributed by atoms with van der Waals surface area (Å²) < 4.78 is 1.57. The van der Waals surface area contributed by atoms with Gasteiger partial charge in [0.2, 0.25) is 5.91 Å². The SMILES string of the molecule is Cc1ccc2[nH]c(-c3c(C)[nH]n(-c4ccccc4)c3=O)c(C3C(=O)N(Cc4ccccc4)c4ccccc43)c2c1. The Balaban J connectivity index is 1.46. The number of para-hydroxylation sites is 2. The van der Waals surface area contributed by atoms with E-state index in [1.54, 1.807) is 4.68 Å². The molecule has 0 radical (unpaired) electrons. The maximum absolute atomic E-state index is 14.4. The molecule has 1 unspecified atom stereocenters. The van der Waals surface area contributed by atoms with E-state index in [1.165, 1.54) is 0 Å². The summed E-state index contributed by atoms with van der Waals surface area (Å²) >= 11 is 0. The summed E-state index contributed by atoms with van der Waals surface area (Å²) in [5.74, 6) is -0.547. The summed E-state index contributed by atoms with van der Waals surface area (Å²) in [5.41, 5.74) is 8.30. The van der Waals surface area contributed by atoms with Gasteiger partial charge in [-0.3, -0.25) is 14.7 Å². The summed E-state index contributed by atoms with van der Waals surface area (Å²) in [5, 5.41) is 4.22. The standard InChI is InChI=1S/C34H28N4O2/c1-21-17-18-27-26(19-21)30(32(35-27)29-22(2)36-38(34(29)40)24-13-7-4-8-14-24)31-25-15-9-10-16-28(25)37(33(31)39)20-23-11-5-3-6-12-23/h3-19,31,35-36H,20H2,1-2H3. The monoisotopic (exact) mass is 524 g/mol. The predicted molar refractivity (Wildman–Crippen MR) is 159 cm³/mol. The van der Waals surface area contributed by atoms with Crippen LogP contribution in [0.25, 0.3) is 27.8 Å². The second kappa shape index (κ2) is 9.27. The van der Waals surface area contributed by atoms with Gasteiger partial charge in [-0.25, -0.2) is 4.68 Å². The molecule has 0 fully saturated rings. The minimum atomic E-state index is -0.552. The highest BCUT2D eigenvalue weighted by molar-refractivity contribution is 6.10. The van der Waals surface area contributed by atoms with Gasteiger partial charge >= 0.3 is 0 Å². The number of rotatable bonds is 5. The smallest absolute Gasteiger partial charge is 0.280 e. The molecule has 196 valence electrons. The lowest BCUT2D eigenvalue weighted by atomic mass is 9.88. The average Bonchev–Trinajstić information content (AvgIpc) is 3.57. The van der Waals surface area contributed by atoms with Gasteiger partial charge in [-0.15, -0.1) is 0 Å². The summed E-state index contributed by atoms with van der Waals surface area (Å²) in [7, 11) is 0. The third kappa shape index (κ3) is 3.72. The van der Waals surface area contributed by atoms with E-state index in [2.05, 4.69) is 16.1 Å². The van der Waals surface area contributed by atoms with Crippen LogP contribution in [0.4, 0.5) is 5.69 Å². The van der Waals surface area contributed by atoms with Crippen LogP contribution < -0.4 is 10.5 Å². The van der Waals surface area contributed by atoms with Crippen LogP contribution in [-0.2, 0) is 11.3 Å². The van der Waals surface area contributed by atoms with Crippen molar-refractivity contribution in [2.45, 2.75) is 26.3 Å². The Hall–Kier alpha value is -5.10. The number of carbonyl (C=O) groups excluding carboxylic acids is 1. The highest BCUT2D eigenvalue weighted by atomic mass is 16.2. The number of H-pyrrole nitrogens is 2. The molecule has 4 aromatic carbocycles. The van der Waals surface area contributed by atoms with Crippen LogP contribution in [0, 0.1) is 13.8 Å². The van der Waals surface area contributed by atoms with E-state index >= 15 is 0 Å². The second-order valence-electron chi connectivity index (χ2n) is 10.5. The van der Waals surface area contributed by atoms with Gasteiger partial charge in [0, 0.05) is 27.8 Å². The van der Waals surface area contributed by atoms with Crippen LogP contribution in [0.2, 0.25) is 0 Å². The van der Waals surface area contributed by atoms with Gasteiger partial charge in [0.25, 0.3) is 5.56 Å². The highest BCUT2D eigenvalue weighted by Gasteiger charge is 2.41. The van der Waals surface area contributed by atoms with E-state index in [1.807, 2.05) is 116 Å². The topological polar surface area (TPSA) is 73.9 Å². The Morgan fingerprint density at radius 2 is 1.50 bits per heavy atom. The van der Waals surface area contributed by atoms with Crippen molar-refractivity contribution in [3.63, 3.8) is 0 Å². The van der Waals surface area contributed by atoms with Crippen molar-refractivity contribution in [1.82, 2.24) is 14.8 Å². The fourth-order valence-electron chi connectivity index (χ4n) is 6.02. The zero-order valence-corrected chi connectivity index (χ0v) is 22.3. The third-order valence-corrected chi connectivity index (χ3v) is 7.85. The molecule has 2 N–H and O–H groups in total. The maximum Gasteiger partial charge on any atom is 0.280 e.